The third-order valence-electron chi connectivity index (χ3n) is 5.69. The van der Waals surface area contributed by atoms with E-state index in [1.165, 1.54) is 21.2 Å². The lowest BCUT2D eigenvalue weighted by molar-refractivity contribution is -0.672. The minimum atomic E-state index is 0.0859. The molecular formula is C28H24ClN2OS+. The van der Waals surface area contributed by atoms with Crippen LogP contribution in [0.1, 0.15) is 11.1 Å². The number of hydrogen-bond donors (Lipinski definition) is 1. The van der Waals surface area contributed by atoms with E-state index in [4.69, 9.17) is 11.6 Å². The van der Waals surface area contributed by atoms with Crippen LogP contribution in [0.15, 0.2) is 107 Å². The van der Waals surface area contributed by atoms with Crippen LogP contribution in [-0.2, 0) is 13.1 Å². The van der Waals surface area contributed by atoms with Gasteiger partial charge in [-0.3, -0.25) is 0 Å². The molecule has 5 rings (SSSR count). The number of anilines is 1. The van der Waals surface area contributed by atoms with Crippen molar-refractivity contribution in [2.45, 2.75) is 18.0 Å². The first-order valence-corrected chi connectivity index (χ1v) is 12.1. The lowest BCUT2D eigenvalue weighted by atomic mass is 10.1. The first kappa shape index (κ1) is 21.8. The molecule has 0 unspecified atom stereocenters. The van der Waals surface area contributed by atoms with E-state index in [0.717, 1.165) is 23.0 Å². The number of aliphatic hydroxyl groups is 1. The summed E-state index contributed by atoms with van der Waals surface area (Å²) in [5, 5.41) is 12.4. The smallest absolute Gasteiger partial charge is 0.214 e. The first-order chi connectivity index (χ1) is 16.2. The largest absolute Gasteiger partial charge is 0.390 e. The van der Waals surface area contributed by atoms with E-state index in [1.807, 2.05) is 29.0 Å². The van der Waals surface area contributed by atoms with Crippen molar-refractivity contribution in [2.24, 2.45) is 0 Å². The van der Waals surface area contributed by atoms with Gasteiger partial charge in [0.1, 0.15) is 6.61 Å². The molecule has 5 heteroatoms. The topological polar surface area (TPSA) is 27.4 Å². The van der Waals surface area contributed by atoms with Crippen LogP contribution in [-0.4, -0.2) is 11.7 Å². The number of pyridine rings is 1. The molecule has 4 aromatic rings. The molecule has 0 saturated carbocycles. The number of nitrogens with zero attached hydrogens (tertiary/aromatic N) is 2. The monoisotopic (exact) mass is 471 g/mol. The molecule has 1 aliphatic heterocycles. The van der Waals surface area contributed by atoms with Crippen molar-refractivity contribution < 1.29 is 9.67 Å². The Balaban J connectivity index is 1.47. The average molecular weight is 472 g/mol. The summed E-state index contributed by atoms with van der Waals surface area (Å²) in [6.07, 6.45) is 8.44. The summed E-state index contributed by atoms with van der Waals surface area (Å²) >= 11 is 8.05. The summed E-state index contributed by atoms with van der Waals surface area (Å²) < 4.78 is 2.03. The number of benzene rings is 3. The predicted molar refractivity (Wildman–Crippen MR) is 138 cm³/mol. The molecule has 3 aromatic carbocycles. The summed E-state index contributed by atoms with van der Waals surface area (Å²) in [5.74, 6) is 0. The van der Waals surface area contributed by atoms with Gasteiger partial charge in [-0.2, -0.15) is 4.57 Å². The Morgan fingerprint density at radius 1 is 0.970 bits per heavy atom. The summed E-state index contributed by atoms with van der Waals surface area (Å²) in [7, 11) is 0. The highest BCUT2D eigenvalue weighted by Crippen LogP contribution is 2.46. The zero-order valence-corrected chi connectivity index (χ0v) is 19.6. The number of hydrogen-bond acceptors (Lipinski definition) is 3. The van der Waals surface area contributed by atoms with E-state index in [2.05, 4.69) is 83.8 Å². The molecule has 0 amide bonds. The normalized spacial score (nSPS) is 14.5. The van der Waals surface area contributed by atoms with Crippen LogP contribution in [0.5, 0.6) is 0 Å². The second kappa shape index (κ2) is 9.84. The average Bonchev–Trinajstić information content (AvgIpc) is 3.18. The second-order valence-electron chi connectivity index (χ2n) is 7.86. The first-order valence-electron chi connectivity index (χ1n) is 10.9. The number of fused-ring (bicyclic) bond motifs is 2. The van der Waals surface area contributed by atoms with Gasteiger partial charge in [0.05, 0.1) is 16.1 Å². The van der Waals surface area contributed by atoms with Gasteiger partial charge in [0, 0.05) is 28.6 Å². The third-order valence-corrected chi connectivity index (χ3v) is 7.06. The Labute approximate surface area is 203 Å². The quantitative estimate of drug-likeness (QED) is 0.328. The van der Waals surface area contributed by atoms with Crippen molar-refractivity contribution in [1.29, 1.82) is 0 Å². The number of rotatable bonds is 6. The van der Waals surface area contributed by atoms with Crippen LogP contribution >= 0.6 is 23.4 Å². The van der Waals surface area contributed by atoms with Gasteiger partial charge in [-0.1, -0.05) is 78.0 Å². The van der Waals surface area contributed by atoms with Crippen molar-refractivity contribution in [2.75, 3.05) is 11.5 Å². The molecule has 0 fully saturated rings. The SMILES string of the molecule is OCC[n+]1ccc(/C=C/C=C2\Sc3ccccc3N2Cc2ccccc2)c2ccc(Cl)cc21. The molecule has 0 saturated heterocycles. The van der Waals surface area contributed by atoms with Crippen LogP contribution in [0.25, 0.3) is 17.0 Å². The number of halogens is 1. The fraction of sp³-hybridized carbons (Fsp3) is 0.107. The standard InChI is InChI=1S/C28H24ClN2OS/c29-23-13-14-24-22(15-16-30(17-18-32)26(24)19-23)9-6-12-28-31(20-21-7-2-1-3-8-21)25-10-4-5-11-27(25)33-28/h1-16,19,32H,17-18,20H2/q+1. The maximum Gasteiger partial charge on any atom is 0.214 e. The second-order valence-corrected chi connectivity index (χ2v) is 9.35. The van der Waals surface area contributed by atoms with Gasteiger partial charge < -0.3 is 10.0 Å². The third kappa shape index (κ3) is 4.69. The zero-order valence-electron chi connectivity index (χ0n) is 18.1. The maximum atomic E-state index is 9.40. The molecule has 0 spiro atoms. The Kier molecular flexibility index (Phi) is 6.49. The van der Waals surface area contributed by atoms with Gasteiger partial charge in [0.2, 0.25) is 5.52 Å². The van der Waals surface area contributed by atoms with Crippen LogP contribution in [0.3, 0.4) is 0 Å². The lowest BCUT2D eigenvalue weighted by Crippen LogP contribution is -2.36. The van der Waals surface area contributed by atoms with E-state index in [1.54, 1.807) is 11.8 Å². The van der Waals surface area contributed by atoms with Crippen LogP contribution in [0.2, 0.25) is 5.02 Å². The molecule has 0 bridgehead atoms. The maximum absolute atomic E-state index is 9.40. The van der Waals surface area contributed by atoms with E-state index >= 15 is 0 Å². The minimum absolute atomic E-state index is 0.0859. The fourth-order valence-electron chi connectivity index (χ4n) is 4.12. The number of thioether (sulfide) groups is 1. The number of aliphatic hydroxyl groups excluding tert-OH is 1. The van der Waals surface area contributed by atoms with E-state index in [0.29, 0.717) is 11.6 Å². The van der Waals surface area contributed by atoms with Crippen molar-refractivity contribution in [3.63, 3.8) is 0 Å². The molecule has 2 heterocycles. The highest BCUT2D eigenvalue weighted by atomic mass is 35.5. The summed E-state index contributed by atoms with van der Waals surface area (Å²) in [5.41, 5.74) is 4.66. The van der Waals surface area contributed by atoms with Gasteiger partial charge in [-0.05, 0) is 41.5 Å². The fourth-order valence-corrected chi connectivity index (χ4v) is 5.36. The molecule has 0 radical (unpaired) electrons. The molecular weight excluding hydrogens is 448 g/mol. The Hall–Kier alpha value is -3.05. The number of allylic oxidation sites excluding steroid dienone is 2. The Morgan fingerprint density at radius 2 is 1.79 bits per heavy atom. The molecule has 164 valence electrons. The van der Waals surface area contributed by atoms with Crippen LogP contribution in [0.4, 0.5) is 5.69 Å². The van der Waals surface area contributed by atoms with Gasteiger partial charge >= 0.3 is 0 Å². The summed E-state index contributed by atoms with van der Waals surface area (Å²) in [6.45, 7) is 1.45. The van der Waals surface area contributed by atoms with Gasteiger partial charge in [0.25, 0.3) is 0 Å². The lowest BCUT2D eigenvalue weighted by Gasteiger charge is -2.20. The van der Waals surface area contributed by atoms with E-state index < -0.39 is 0 Å². The van der Waals surface area contributed by atoms with Crippen molar-refractivity contribution in [3.8, 4) is 0 Å². The Morgan fingerprint density at radius 3 is 2.64 bits per heavy atom. The molecule has 1 aliphatic rings. The Bertz CT molecular complexity index is 1350. The van der Waals surface area contributed by atoms with Gasteiger partial charge in [0.15, 0.2) is 12.7 Å². The molecule has 0 aliphatic carbocycles. The van der Waals surface area contributed by atoms with E-state index in [-0.39, 0.29) is 6.61 Å². The molecule has 33 heavy (non-hydrogen) atoms. The molecule has 3 nitrogen and oxygen atoms in total. The molecule has 0 atom stereocenters. The number of aromatic nitrogens is 1. The van der Waals surface area contributed by atoms with E-state index in [9.17, 15) is 5.11 Å². The highest BCUT2D eigenvalue weighted by molar-refractivity contribution is 8.03. The van der Waals surface area contributed by atoms with Crippen molar-refractivity contribution in [3.05, 3.63) is 118 Å². The van der Waals surface area contributed by atoms with Crippen molar-refractivity contribution in [1.82, 2.24) is 0 Å². The minimum Gasteiger partial charge on any atom is -0.390 e. The van der Waals surface area contributed by atoms with Crippen LogP contribution < -0.4 is 9.47 Å². The number of para-hydroxylation sites is 1. The highest BCUT2D eigenvalue weighted by Gasteiger charge is 2.24. The molecule has 1 N–H and O–H groups in total. The zero-order chi connectivity index (χ0) is 22.6. The van der Waals surface area contributed by atoms with Gasteiger partial charge in [-0.25, -0.2) is 0 Å². The summed E-state index contributed by atoms with van der Waals surface area (Å²) in [4.78, 5) is 3.65. The summed E-state index contributed by atoms with van der Waals surface area (Å²) in [6, 6.07) is 27.1. The predicted octanol–water partition coefficient (Wildman–Crippen LogP) is 6.44. The molecule has 1 aromatic heterocycles. The van der Waals surface area contributed by atoms with Crippen molar-refractivity contribution >= 4 is 46.0 Å². The van der Waals surface area contributed by atoms with Gasteiger partial charge in [-0.15, -0.1) is 0 Å². The van der Waals surface area contributed by atoms with Crippen LogP contribution in [0, 0.1) is 0 Å².